The van der Waals surface area contributed by atoms with Crippen LogP contribution in [0.3, 0.4) is 0 Å². The molecular weight excluding hydrogens is 394 g/mol. The number of nitrogen functional groups attached to an aromatic ring is 1. The molecule has 0 spiro atoms. The molecule has 0 unspecified atom stereocenters. The molecule has 3 rings (SSSR count). The van der Waals surface area contributed by atoms with Crippen molar-refractivity contribution in [2.75, 3.05) is 29.6 Å². The van der Waals surface area contributed by atoms with Crippen LogP contribution in [0.25, 0.3) is 0 Å². The highest BCUT2D eigenvalue weighted by Gasteiger charge is 2.20. The van der Waals surface area contributed by atoms with Gasteiger partial charge in [0, 0.05) is 23.8 Å². The largest absolute Gasteiger partial charge is 0.496 e. The van der Waals surface area contributed by atoms with E-state index in [1.54, 1.807) is 25.3 Å². The number of carbonyl (C=O) groups is 1. The minimum atomic E-state index is -0.188. The first-order valence-electron chi connectivity index (χ1n) is 8.80. The molecule has 0 aromatic heterocycles. The number of methoxy groups -OCH3 is 1. The Kier molecular flexibility index (Phi) is 5.71. The van der Waals surface area contributed by atoms with E-state index in [1.165, 1.54) is 19.3 Å². The molecule has 2 aromatic rings. The highest BCUT2D eigenvalue weighted by atomic mass is 79.9. The third-order valence-corrected chi connectivity index (χ3v) is 5.43. The Morgan fingerprint density at radius 2 is 2.08 bits per heavy atom. The lowest BCUT2D eigenvalue weighted by molar-refractivity contribution is 0.102. The van der Waals surface area contributed by atoms with Gasteiger partial charge in [-0.3, -0.25) is 4.79 Å². The zero-order chi connectivity index (χ0) is 18.7. The quantitative estimate of drug-likeness (QED) is 0.709. The number of nitrogens with two attached hydrogens (primary N) is 1. The maximum atomic E-state index is 12.5. The number of anilines is 3. The summed E-state index contributed by atoms with van der Waals surface area (Å²) >= 11 is 3.40. The van der Waals surface area contributed by atoms with Gasteiger partial charge >= 0.3 is 0 Å². The van der Waals surface area contributed by atoms with Gasteiger partial charge in [-0.25, -0.2) is 0 Å². The van der Waals surface area contributed by atoms with Gasteiger partial charge in [0.15, 0.2) is 0 Å². The topological polar surface area (TPSA) is 67.6 Å². The minimum absolute atomic E-state index is 0.188. The number of ether oxygens (including phenoxy) is 1. The summed E-state index contributed by atoms with van der Waals surface area (Å²) in [5.74, 6) is 0.498. The molecule has 1 atom stereocenters. The number of rotatable bonds is 4. The van der Waals surface area contributed by atoms with Gasteiger partial charge in [0.2, 0.25) is 0 Å². The Labute approximate surface area is 162 Å². The second-order valence-electron chi connectivity index (χ2n) is 6.62. The van der Waals surface area contributed by atoms with E-state index in [0.717, 1.165) is 16.7 Å². The summed E-state index contributed by atoms with van der Waals surface area (Å²) in [4.78, 5) is 14.8. The highest BCUT2D eigenvalue weighted by Crippen LogP contribution is 2.32. The third-order valence-electron chi connectivity index (χ3n) is 4.81. The average Bonchev–Trinajstić information content (AvgIpc) is 2.62. The summed E-state index contributed by atoms with van der Waals surface area (Å²) in [7, 11) is 1.59. The molecule has 2 aromatic carbocycles. The van der Waals surface area contributed by atoms with E-state index in [-0.39, 0.29) is 5.91 Å². The predicted octanol–water partition coefficient (Wildman–Crippen LogP) is 4.67. The van der Waals surface area contributed by atoms with Crippen LogP contribution in [0.5, 0.6) is 5.75 Å². The van der Waals surface area contributed by atoms with Crippen molar-refractivity contribution >= 4 is 38.9 Å². The van der Waals surface area contributed by atoms with Crippen molar-refractivity contribution in [3.63, 3.8) is 0 Å². The lowest BCUT2D eigenvalue weighted by Gasteiger charge is -2.36. The predicted molar refractivity (Wildman–Crippen MR) is 110 cm³/mol. The molecule has 138 valence electrons. The van der Waals surface area contributed by atoms with Crippen molar-refractivity contribution in [1.82, 2.24) is 0 Å². The number of nitrogens with zero attached hydrogens (tertiary/aromatic N) is 1. The molecular formula is C20H24BrN3O2. The zero-order valence-corrected chi connectivity index (χ0v) is 16.7. The fourth-order valence-corrected chi connectivity index (χ4v) is 3.90. The van der Waals surface area contributed by atoms with Crippen LogP contribution < -0.4 is 20.7 Å². The smallest absolute Gasteiger partial charge is 0.255 e. The summed E-state index contributed by atoms with van der Waals surface area (Å²) in [5, 5.41) is 2.91. The summed E-state index contributed by atoms with van der Waals surface area (Å²) in [6.45, 7) is 3.26. The standard InChI is InChI=1S/C20H24BrN3O2/c1-13-5-3-4-10-24(13)18-8-7-15(12-17(18)22)23-20(25)14-6-9-19(26-2)16(21)11-14/h6-9,11-13H,3-5,10,22H2,1-2H3,(H,23,25)/t13-/m0/s1. The van der Waals surface area contributed by atoms with Gasteiger partial charge in [-0.05, 0) is 78.5 Å². The van der Waals surface area contributed by atoms with Gasteiger partial charge in [0.25, 0.3) is 5.91 Å². The normalized spacial score (nSPS) is 17.0. The van der Waals surface area contributed by atoms with Crippen molar-refractivity contribution in [3.8, 4) is 5.75 Å². The van der Waals surface area contributed by atoms with Crippen LogP contribution in [0.2, 0.25) is 0 Å². The number of carbonyl (C=O) groups excluding carboxylic acids is 1. The van der Waals surface area contributed by atoms with E-state index in [2.05, 4.69) is 33.1 Å². The molecule has 5 nitrogen and oxygen atoms in total. The molecule has 1 heterocycles. The molecule has 26 heavy (non-hydrogen) atoms. The van der Waals surface area contributed by atoms with Crippen molar-refractivity contribution < 1.29 is 9.53 Å². The number of hydrogen-bond donors (Lipinski definition) is 2. The number of nitrogens with one attached hydrogen (secondary N) is 1. The Bertz CT molecular complexity index is 810. The fourth-order valence-electron chi connectivity index (χ4n) is 3.36. The Balaban J connectivity index is 1.75. The van der Waals surface area contributed by atoms with Gasteiger partial charge in [0.05, 0.1) is 23.0 Å². The van der Waals surface area contributed by atoms with Crippen molar-refractivity contribution in [2.24, 2.45) is 0 Å². The van der Waals surface area contributed by atoms with Gasteiger partial charge in [-0.15, -0.1) is 0 Å². The fraction of sp³-hybridized carbons (Fsp3) is 0.350. The van der Waals surface area contributed by atoms with E-state index in [1.807, 2.05) is 18.2 Å². The zero-order valence-electron chi connectivity index (χ0n) is 15.1. The molecule has 1 amide bonds. The number of piperidine rings is 1. The second-order valence-corrected chi connectivity index (χ2v) is 7.47. The van der Waals surface area contributed by atoms with Crippen LogP contribution in [0, 0.1) is 0 Å². The Morgan fingerprint density at radius 3 is 2.73 bits per heavy atom. The summed E-state index contributed by atoms with van der Waals surface area (Å²) in [6.07, 6.45) is 3.64. The molecule has 1 fully saturated rings. The monoisotopic (exact) mass is 417 g/mol. The van der Waals surface area contributed by atoms with Crippen molar-refractivity contribution in [3.05, 3.63) is 46.4 Å². The Morgan fingerprint density at radius 1 is 1.27 bits per heavy atom. The van der Waals surface area contributed by atoms with E-state index >= 15 is 0 Å². The third kappa shape index (κ3) is 3.96. The van der Waals surface area contributed by atoms with E-state index in [4.69, 9.17) is 10.5 Å². The van der Waals surface area contributed by atoms with Crippen molar-refractivity contribution in [2.45, 2.75) is 32.2 Å². The van der Waals surface area contributed by atoms with Gasteiger partial charge < -0.3 is 20.7 Å². The van der Waals surface area contributed by atoms with E-state index in [0.29, 0.717) is 28.7 Å². The van der Waals surface area contributed by atoms with Gasteiger partial charge in [-0.2, -0.15) is 0 Å². The highest BCUT2D eigenvalue weighted by molar-refractivity contribution is 9.10. The lowest BCUT2D eigenvalue weighted by atomic mass is 10.0. The molecule has 1 aliphatic rings. The Hall–Kier alpha value is -2.21. The number of benzene rings is 2. The van der Waals surface area contributed by atoms with Crippen LogP contribution in [-0.4, -0.2) is 25.6 Å². The second kappa shape index (κ2) is 7.99. The first-order chi connectivity index (χ1) is 12.5. The van der Waals surface area contributed by atoms with Crippen LogP contribution >= 0.6 is 15.9 Å². The first-order valence-corrected chi connectivity index (χ1v) is 9.60. The van der Waals surface area contributed by atoms with Crippen LogP contribution in [-0.2, 0) is 0 Å². The minimum Gasteiger partial charge on any atom is -0.496 e. The molecule has 1 saturated heterocycles. The molecule has 1 aliphatic heterocycles. The summed E-state index contributed by atoms with van der Waals surface area (Å²) in [6, 6.07) is 11.4. The van der Waals surface area contributed by atoms with Gasteiger partial charge in [0.1, 0.15) is 5.75 Å². The van der Waals surface area contributed by atoms with Gasteiger partial charge in [-0.1, -0.05) is 0 Å². The molecule has 6 heteroatoms. The average molecular weight is 418 g/mol. The molecule has 0 aliphatic carbocycles. The summed E-state index contributed by atoms with van der Waals surface area (Å²) in [5.41, 5.74) is 9.24. The van der Waals surface area contributed by atoms with E-state index < -0.39 is 0 Å². The first kappa shape index (κ1) is 18.6. The van der Waals surface area contributed by atoms with E-state index in [9.17, 15) is 4.79 Å². The number of halogens is 1. The molecule has 0 radical (unpaired) electrons. The molecule has 3 N–H and O–H groups in total. The SMILES string of the molecule is COc1ccc(C(=O)Nc2ccc(N3CCCC[C@@H]3C)c(N)c2)cc1Br. The van der Waals surface area contributed by atoms with Crippen molar-refractivity contribution in [1.29, 1.82) is 0 Å². The maximum absolute atomic E-state index is 12.5. The number of amides is 1. The lowest BCUT2D eigenvalue weighted by Crippen LogP contribution is -2.37. The summed E-state index contributed by atoms with van der Waals surface area (Å²) < 4.78 is 5.93. The number of hydrogen-bond acceptors (Lipinski definition) is 4. The van der Waals surface area contributed by atoms with Crippen LogP contribution in [0.15, 0.2) is 40.9 Å². The molecule has 0 bridgehead atoms. The maximum Gasteiger partial charge on any atom is 0.255 e. The van der Waals surface area contributed by atoms with Crippen LogP contribution in [0.1, 0.15) is 36.5 Å². The molecule has 0 saturated carbocycles. The van der Waals surface area contributed by atoms with Crippen LogP contribution in [0.4, 0.5) is 17.1 Å².